The van der Waals surface area contributed by atoms with E-state index >= 15 is 0 Å². The van der Waals surface area contributed by atoms with E-state index < -0.39 is 19.3 Å². The zero-order valence-electron chi connectivity index (χ0n) is 19.2. The first kappa shape index (κ1) is 24.1. The van der Waals surface area contributed by atoms with Crippen molar-refractivity contribution in [3.05, 3.63) is 126 Å². The molecule has 0 amide bonds. The highest BCUT2D eigenvalue weighted by Gasteiger charge is 2.41. The third-order valence-corrected chi connectivity index (χ3v) is 7.07. The van der Waals surface area contributed by atoms with E-state index in [1.807, 2.05) is 42.5 Å². The Labute approximate surface area is 205 Å². The summed E-state index contributed by atoms with van der Waals surface area (Å²) in [7, 11) is -3.90. The van der Waals surface area contributed by atoms with E-state index in [-0.39, 0.29) is 0 Å². The van der Waals surface area contributed by atoms with E-state index in [2.05, 4.69) is 5.32 Å². The highest BCUT2D eigenvalue weighted by atomic mass is 31.2. The van der Waals surface area contributed by atoms with Crippen molar-refractivity contribution in [1.82, 2.24) is 0 Å². The normalized spacial score (nSPS) is 11.8. The zero-order chi connectivity index (χ0) is 24.5. The van der Waals surface area contributed by atoms with Gasteiger partial charge >= 0.3 is 13.6 Å². The van der Waals surface area contributed by atoms with Gasteiger partial charge < -0.3 is 19.1 Å². The van der Waals surface area contributed by atoms with Crippen molar-refractivity contribution < 1.29 is 23.1 Å². The molecule has 178 valence electrons. The van der Waals surface area contributed by atoms with Crippen LogP contribution < -0.4 is 14.4 Å². The molecule has 0 bridgehead atoms. The number of nitrogens with one attached hydrogen (secondary N) is 1. The van der Waals surface area contributed by atoms with Gasteiger partial charge in [0.2, 0.25) is 0 Å². The number of anilines is 1. The van der Waals surface area contributed by atoms with Crippen LogP contribution in [0.1, 0.15) is 28.6 Å². The molecule has 0 saturated heterocycles. The Hall–Kier alpha value is -4.02. The van der Waals surface area contributed by atoms with Gasteiger partial charge in [-0.15, -0.1) is 0 Å². The number of benzene rings is 4. The molecule has 0 aliphatic carbocycles. The Kier molecular flexibility index (Phi) is 7.86. The number of carbonyl (C=O) groups excluding carboxylic acids is 1. The van der Waals surface area contributed by atoms with E-state index in [1.54, 1.807) is 79.7 Å². The number of hydrogen-bond donors (Lipinski definition) is 1. The van der Waals surface area contributed by atoms with Crippen LogP contribution in [0, 0.1) is 0 Å². The molecule has 1 N–H and O–H groups in total. The van der Waals surface area contributed by atoms with Crippen molar-refractivity contribution in [1.29, 1.82) is 0 Å². The SMILES string of the molecule is CCOC(=O)c1ccc(N[C@@H](c2ccccc2)P(=O)(Oc2ccccc2)Oc2ccccc2)cc1. The van der Waals surface area contributed by atoms with E-state index in [4.69, 9.17) is 13.8 Å². The van der Waals surface area contributed by atoms with Gasteiger partial charge in [0.15, 0.2) is 5.78 Å². The third kappa shape index (κ3) is 6.31. The molecule has 0 radical (unpaired) electrons. The monoisotopic (exact) mass is 487 g/mol. The maximum absolute atomic E-state index is 14.5. The molecule has 0 fully saturated rings. The fourth-order valence-electron chi connectivity index (χ4n) is 3.44. The summed E-state index contributed by atoms with van der Waals surface area (Å²) < 4.78 is 31.8. The minimum absolute atomic E-state index is 0.297. The van der Waals surface area contributed by atoms with Crippen molar-refractivity contribution in [2.45, 2.75) is 12.7 Å². The first-order valence-electron chi connectivity index (χ1n) is 11.2. The van der Waals surface area contributed by atoms with Crippen molar-refractivity contribution >= 4 is 19.3 Å². The molecule has 0 heterocycles. The van der Waals surface area contributed by atoms with Crippen LogP contribution in [0.2, 0.25) is 0 Å². The van der Waals surface area contributed by atoms with Gasteiger partial charge in [0.1, 0.15) is 11.5 Å². The molecule has 7 heteroatoms. The highest BCUT2D eigenvalue weighted by Crippen LogP contribution is 2.60. The summed E-state index contributed by atoms with van der Waals surface area (Å²) in [6.45, 7) is 2.06. The Balaban J connectivity index is 1.72. The average Bonchev–Trinajstić information content (AvgIpc) is 2.89. The topological polar surface area (TPSA) is 73.9 Å². The lowest BCUT2D eigenvalue weighted by Crippen LogP contribution is -2.18. The highest BCUT2D eigenvalue weighted by molar-refractivity contribution is 7.55. The first-order valence-corrected chi connectivity index (χ1v) is 12.9. The largest absolute Gasteiger partial charge is 0.462 e. The molecule has 4 aromatic rings. The maximum atomic E-state index is 14.5. The zero-order valence-corrected chi connectivity index (χ0v) is 20.1. The van der Waals surface area contributed by atoms with Crippen molar-refractivity contribution in [2.75, 3.05) is 11.9 Å². The molecule has 0 spiro atoms. The lowest BCUT2D eigenvalue weighted by atomic mass is 10.2. The smallest absolute Gasteiger partial charge is 0.457 e. The van der Waals surface area contributed by atoms with Crippen LogP contribution in [0.5, 0.6) is 11.5 Å². The Bertz CT molecular complexity index is 1220. The molecule has 0 aromatic heterocycles. The summed E-state index contributed by atoms with van der Waals surface area (Å²) in [4.78, 5) is 12.0. The predicted octanol–water partition coefficient (Wildman–Crippen LogP) is 7.33. The van der Waals surface area contributed by atoms with Crippen LogP contribution in [0.15, 0.2) is 115 Å². The number of para-hydroxylation sites is 2. The summed E-state index contributed by atoms with van der Waals surface area (Å²) in [6.07, 6.45) is 0. The van der Waals surface area contributed by atoms with Gasteiger partial charge in [-0.25, -0.2) is 9.36 Å². The molecule has 0 unspecified atom stereocenters. The second kappa shape index (κ2) is 11.4. The van der Waals surface area contributed by atoms with E-state index in [0.717, 1.165) is 5.56 Å². The number of hydrogen-bond acceptors (Lipinski definition) is 6. The van der Waals surface area contributed by atoms with Crippen molar-refractivity contribution in [3.63, 3.8) is 0 Å². The van der Waals surface area contributed by atoms with Gasteiger partial charge in [-0.3, -0.25) is 0 Å². The lowest BCUT2D eigenvalue weighted by molar-refractivity contribution is 0.0526. The Morgan fingerprint density at radius 2 is 1.23 bits per heavy atom. The molecule has 1 atom stereocenters. The molecule has 0 aliphatic heterocycles. The van der Waals surface area contributed by atoms with E-state index in [1.165, 1.54) is 0 Å². The molecule has 35 heavy (non-hydrogen) atoms. The standard InChI is InChI=1S/C28H26NO5P/c1-2-32-28(30)23-18-20-24(21-19-23)29-27(22-12-6-3-7-13-22)35(31,33-25-14-8-4-9-15-25)34-26-16-10-5-11-17-26/h3-21,27,29H,2H2,1H3/t27-/m1/s1. The number of rotatable bonds is 10. The summed E-state index contributed by atoms with van der Waals surface area (Å²) in [5, 5.41) is 3.31. The van der Waals surface area contributed by atoms with Gasteiger partial charge in [-0.1, -0.05) is 66.7 Å². The molecule has 0 saturated carbocycles. The lowest BCUT2D eigenvalue weighted by Gasteiger charge is -2.29. The third-order valence-electron chi connectivity index (χ3n) is 5.08. The van der Waals surface area contributed by atoms with Crippen molar-refractivity contribution in [3.8, 4) is 11.5 Å². The van der Waals surface area contributed by atoms with Gasteiger partial charge in [0, 0.05) is 5.69 Å². The van der Waals surface area contributed by atoms with Crippen molar-refractivity contribution in [2.24, 2.45) is 0 Å². The van der Waals surface area contributed by atoms with Crippen LogP contribution in [0.4, 0.5) is 5.69 Å². The summed E-state index contributed by atoms with van der Waals surface area (Å²) >= 11 is 0. The second-order valence-corrected chi connectivity index (χ2v) is 9.57. The minimum Gasteiger partial charge on any atom is -0.462 e. The van der Waals surface area contributed by atoms with E-state index in [0.29, 0.717) is 29.4 Å². The quantitative estimate of drug-likeness (QED) is 0.187. The molecule has 4 rings (SSSR count). The summed E-state index contributed by atoms with van der Waals surface area (Å²) in [6, 6.07) is 34.0. The van der Waals surface area contributed by atoms with Gasteiger partial charge in [-0.05, 0) is 61.0 Å². The first-order chi connectivity index (χ1) is 17.1. The molecular formula is C28H26NO5P. The maximum Gasteiger partial charge on any atom is 0.457 e. The Morgan fingerprint density at radius 3 is 1.71 bits per heavy atom. The van der Waals surface area contributed by atoms with Crippen LogP contribution in [-0.2, 0) is 9.30 Å². The number of ether oxygens (including phenoxy) is 1. The van der Waals surface area contributed by atoms with Crippen LogP contribution in [0.25, 0.3) is 0 Å². The number of carbonyl (C=O) groups is 1. The Morgan fingerprint density at radius 1 is 0.743 bits per heavy atom. The summed E-state index contributed by atoms with van der Waals surface area (Å²) in [5.74, 6) is -0.402. The molecule has 6 nitrogen and oxygen atoms in total. The molecular weight excluding hydrogens is 461 g/mol. The van der Waals surface area contributed by atoms with Crippen LogP contribution >= 0.6 is 7.60 Å². The van der Waals surface area contributed by atoms with Crippen LogP contribution in [0.3, 0.4) is 0 Å². The molecule has 0 aliphatic rings. The second-order valence-electron chi connectivity index (χ2n) is 7.60. The van der Waals surface area contributed by atoms with Crippen LogP contribution in [-0.4, -0.2) is 12.6 Å². The summed E-state index contributed by atoms with van der Waals surface area (Å²) in [5.41, 5.74) is 1.79. The van der Waals surface area contributed by atoms with Gasteiger partial charge in [0.25, 0.3) is 0 Å². The predicted molar refractivity (Wildman–Crippen MR) is 137 cm³/mol. The number of esters is 1. The fraction of sp³-hybridized carbons (Fsp3) is 0.107. The average molecular weight is 487 g/mol. The van der Waals surface area contributed by atoms with E-state index in [9.17, 15) is 9.36 Å². The minimum atomic E-state index is -3.90. The fourth-order valence-corrected chi connectivity index (χ4v) is 5.36. The van der Waals surface area contributed by atoms with Gasteiger partial charge in [-0.2, -0.15) is 0 Å². The van der Waals surface area contributed by atoms with Gasteiger partial charge in [0.05, 0.1) is 12.2 Å². The molecule has 4 aromatic carbocycles.